The molecule has 1 aromatic carbocycles. The average Bonchev–Trinajstić information content (AvgIpc) is 2.30. The van der Waals surface area contributed by atoms with Gasteiger partial charge >= 0.3 is 0 Å². The maximum atomic E-state index is 13.4. The maximum absolute atomic E-state index is 13.4. The molecular formula is C11H14FN3O2. The number of carbonyl (C=O) groups is 2. The summed E-state index contributed by atoms with van der Waals surface area (Å²) >= 11 is 0. The molecule has 2 amide bonds. The minimum atomic E-state index is -0.688. The fourth-order valence-corrected chi connectivity index (χ4v) is 1.14. The Balaban J connectivity index is 2.94. The van der Waals surface area contributed by atoms with E-state index >= 15 is 0 Å². The zero-order valence-corrected chi connectivity index (χ0v) is 9.37. The van der Waals surface area contributed by atoms with Crippen molar-refractivity contribution in [3.63, 3.8) is 0 Å². The van der Waals surface area contributed by atoms with Crippen molar-refractivity contribution in [2.24, 2.45) is 17.4 Å². The summed E-state index contributed by atoms with van der Waals surface area (Å²) in [5, 5.41) is 2.35. The van der Waals surface area contributed by atoms with Gasteiger partial charge in [-0.1, -0.05) is 6.92 Å². The van der Waals surface area contributed by atoms with Crippen molar-refractivity contribution >= 4 is 17.5 Å². The Hall–Kier alpha value is -1.95. The Labute approximate surface area is 98.0 Å². The van der Waals surface area contributed by atoms with Crippen molar-refractivity contribution in [2.45, 2.75) is 6.92 Å². The van der Waals surface area contributed by atoms with Gasteiger partial charge in [0.25, 0.3) is 0 Å². The first kappa shape index (κ1) is 13.1. The predicted molar refractivity (Wildman–Crippen MR) is 61.8 cm³/mol. The highest BCUT2D eigenvalue weighted by Gasteiger charge is 2.14. The van der Waals surface area contributed by atoms with E-state index in [0.29, 0.717) is 0 Å². The van der Waals surface area contributed by atoms with Crippen LogP contribution in [-0.4, -0.2) is 18.4 Å². The first-order valence-corrected chi connectivity index (χ1v) is 5.06. The number of rotatable bonds is 4. The Morgan fingerprint density at radius 1 is 1.47 bits per heavy atom. The number of hydrogen-bond donors (Lipinski definition) is 3. The molecule has 0 fully saturated rings. The highest BCUT2D eigenvalue weighted by molar-refractivity contribution is 5.97. The topological polar surface area (TPSA) is 98.2 Å². The molecule has 5 N–H and O–H groups in total. The van der Waals surface area contributed by atoms with Gasteiger partial charge in [-0.25, -0.2) is 4.39 Å². The number of carbonyl (C=O) groups excluding carboxylic acids is 2. The summed E-state index contributed by atoms with van der Waals surface area (Å²) in [7, 11) is 0. The van der Waals surface area contributed by atoms with Crippen molar-refractivity contribution in [1.82, 2.24) is 0 Å². The summed E-state index contributed by atoms with van der Waals surface area (Å²) in [5.74, 6) is -2.17. The molecule has 0 aliphatic heterocycles. The molecule has 0 aliphatic carbocycles. The molecule has 1 atom stereocenters. The van der Waals surface area contributed by atoms with E-state index in [4.69, 9.17) is 11.5 Å². The lowest BCUT2D eigenvalue weighted by Gasteiger charge is -2.11. The van der Waals surface area contributed by atoms with Crippen molar-refractivity contribution in [3.05, 3.63) is 29.6 Å². The molecule has 0 saturated heterocycles. The number of nitrogens with one attached hydrogen (secondary N) is 1. The van der Waals surface area contributed by atoms with Gasteiger partial charge < -0.3 is 16.8 Å². The van der Waals surface area contributed by atoms with Crippen LogP contribution in [0.5, 0.6) is 0 Å². The molecule has 1 aromatic rings. The van der Waals surface area contributed by atoms with Gasteiger partial charge in [-0.05, 0) is 18.2 Å². The van der Waals surface area contributed by atoms with Crippen LogP contribution in [0.15, 0.2) is 18.2 Å². The summed E-state index contributed by atoms with van der Waals surface area (Å²) in [4.78, 5) is 22.4. The van der Waals surface area contributed by atoms with Crippen LogP contribution in [0.25, 0.3) is 0 Å². The molecule has 0 radical (unpaired) electrons. The molecule has 6 heteroatoms. The smallest absolute Gasteiger partial charge is 0.248 e. The summed E-state index contributed by atoms with van der Waals surface area (Å²) in [6.07, 6.45) is 0. The molecule has 1 rings (SSSR count). The number of halogens is 1. The lowest BCUT2D eigenvalue weighted by Crippen LogP contribution is -2.27. The molecule has 0 spiro atoms. The molecule has 5 nitrogen and oxygen atoms in total. The molecule has 17 heavy (non-hydrogen) atoms. The number of benzene rings is 1. The van der Waals surface area contributed by atoms with Crippen molar-refractivity contribution in [3.8, 4) is 0 Å². The Bertz CT molecular complexity index is 448. The molecular weight excluding hydrogens is 225 g/mol. The second kappa shape index (κ2) is 5.40. The van der Waals surface area contributed by atoms with E-state index in [1.165, 1.54) is 12.1 Å². The number of hydrogen-bond acceptors (Lipinski definition) is 3. The third kappa shape index (κ3) is 3.25. The highest BCUT2D eigenvalue weighted by Crippen LogP contribution is 2.16. The molecule has 0 aliphatic rings. The second-order valence-corrected chi connectivity index (χ2v) is 3.68. The SMILES string of the molecule is CC(CN)C(=O)Nc1cc(C(N)=O)ccc1F. The maximum Gasteiger partial charge on any atom is 0.248 e. The van der Waals surface area contributed by atoms with Crippen molar-refractivity contribution in [2.75, 3.05) is 11.9 Å². The van der Waals surface area contributed by atoms with E-state index in [2.05, 4.69) is 5.32 Å². The number of primary amides is 1. The second-order valence-electron chi connectivity index (χ2n) is 3.68. The van der Waals surface area contributed by atoms with Crippen LogP contribution < -0.4 is 16.8 Å². The Kier molecular flexibility index (Phi) is 4.17. The van der Waals surface area contributed by atoms with Crippen molar-refractivity contribution in [1.29, 1.82) is 0 Å². The van der Waals surface area contributed by atoms with Gasteiger partial charge in [-0.3, -0.25) is 9.59 Å². The molecule has 0 aromatic heterocycles. The van der Waals surface area contributed by atoms with Gasteiger partial charge in [-0.2, -0.15) is 0 Å². The quantitative estimate of drug-likeness (QED) is 0.711. The van der Waals surface area contributed by atoms with Crippen LogP contribution in [0.3, 0.4) is 0 Å². The van der Waals surface area contributed by atoms with E-state index in [1.54, 1.807) is 6.92 Å². The first-order valence-electron chi connectivity index (χ1n) is 5.06. The summed E-state index contributed by atoms with van der Waals surface area (Å²) in [6, 6.07) is 3.52. The number of anilines is 1. The molecule has 0 bridgehead atoms. The number of amides is 2. The summed E-state index contributed by atoms with van der Waals surface area (Å²) in [6.45, 7) is 1.77. The zero-order valence-electron chi connectivity index (χ0n) is 9.37. The Morgan fingerprint density at radius 2 is 2.12 bits per heavy atom. The van der Waals surface area contributed by atoms with Gasteiger partial charge in [0, 0.05) is 18.0 Å². The molecule has 1 unspecified atom stereocenters. The summed E-state index contributed by atoms with van der Waals surface area (Å²) < 4.78 is 13.4. The van der Waals surface area contributed by atoms with Gasteiger partial charge in [0.2, 0.25) is 11.8 Å². The van der Waals surface area contributed by atoms with E-state index in [9.17, 15) is 14.0 Å². The normalized spacial score (nSPS) is 11.9. The van der Waals surface area contributed by atoms with Crippen LogP contribution in [0.4, 0.5) is 10.1 Å². The van der Waals surface area contributed by atoms with Crippen LogP contribution in [0, 0.1) is 11.7 Å². The molecule has 92 valence electrons. The third-order valence-electron chi connectivity index (χ3n) is 2.31. The Morgan fingerprint density at radius 3 is 2.65 bits per heavy atom. The van der Waals surface area contributed by atoms with Crippen LogP contribution in [0.1, 0.15) is 17.3 Å². The molecule has 0 heterocycles. The average molecular weight is 239 g/mol. The molecule has 0 saturated carbocycles. The fourth-order valence-electron chi connectivity index (χ4n) is 1.14. The van der Waals surface area contributed by atoms with Crippen LogP contribution in [-0.2, 0) is 4.79 Å². The minimum Gasteiger partial charge on any atom is -0.366 e. The third-order valence-corrected chi connectivity index (χ3v) is 2.31. The van der Waals surface area contributed by atoms with Crippen LogP contribution >= 0.6 is 0 Å². The zero-order chi connectivity index (χ0) is 13.0. The van der Waals surface area contributed by atoms with Crippen molar-refractivity contribution < 1.29 is 14.0 Å². The van der Waals surface area contributed by atoms with E-state index in [0.717, 1.165) is 6.07 Å². The van der Waals surface area contributed by atoms with E-state index in [1.807, 2.05) is 0 Å². The monoisotopic (exact) mass is 239 g/mol. The van der Waals surface area contributed by atoms with E-state index in [-0.39, 0.29) is 17.8 Å². The lowest BCUT2D eigenvalue weighted by atomic mass is 10.1. The predicted octanol–water partition coefficient (Wildman–Crippen LogP) is 0.458. The van der Waals surface area contributed by atoms with Gasteiger partial charge in [0.15, 0.2) is 0 Å². The summed E-state index contributed by atoms with van der Waals surface area (Å²) in [5.41, 5.74) is 10.4. The standard InChI is InChI=1S/C11H14FN3O2/c1-6(5-13)11(17)15-9-4-7(10(14)16)2-3-8(9)12/h2-4,6H,5,13H2,1H3,(H2,14,16)(H,15,17). The fraction of sp³-hybridized carbons (Fsp3) is 0.273. The van der Waals surface area contributed by atoms with Gasteiger partial charge in [0.05, 0.1) is 5.69 Å². The van der Waals surface area contributed by atoms with Gasteiger partial charge in [0.1, 0.15) is 5.82 Å². The van der Waals surface area contributed by atoms with Crippen LogP contribution in [0.2, 0.25) is 0 Å². The van der Waals surface area contributed by atoms with E-state index < -0.39 is 23.5 Å². The van der Waals surface area contributed by atoms with Gasteiger partial charge in [-0.15, -0.1) is 0 Å². The lowest BCUT2D eigenvalue weighted by molar-refractivity contribution is -0.119. The minimum absolute atomic E-state index is 0.0772. The highest BCUT2D eigenvalue weighted by atomic mass is 19.1. The largest absolute Gasteiger partial charge is 0.366 e. The number of nitrogens with two attached hydrogens (primary N) is 2. The first-order chi connectivity index (χ1) is 7.95.